The first-order valence-electron chi connectivity index (χ1n) is 14.3. The highest BCUT2D eigenvalue weighted by atomic mass is 32.2. The molecular formula is C29H32F3N5O5S. The van der Waals surface area contributed by atoms with E-state index in [2.05, 4.69) is 25.9 Å². The van der Waals surface area contributed by atoms with Crippen LogP contribution < -0.4 is 20.7 Å². The van der Waals surface area contributed by atoms with Crippen LogP contribution in [0.2, 0.25) is 0 Å². The van der Waals surface area contributed by atoms with Crippen LogP contribution in [-0.4, -0.2) is 57.6 Å². The van der Waals surface area contributed by atoms with Crippen LogP contribution in [0.15, 0.2) is 35.5 Å². The lowest BCUT2D eigenvalue weighted by atomic mass is 9.50. The fourth-order valence-electron chi connectivity index (χ4n) is 7.71. The Morgan fingerprint density at radius 3 is 2.53 bits per heavy atom. The van der Waals surface area contributed by atoms with Crippen LogP contribution in [0.5, 0.6) is 5.88 Å². The van der Waals surface area contributed by atoms with E-state index >= 15 is 0 Å². The number of carbonyl (C=O) groups is 3. The minimum Gasteiger partial charge on any atom is -0.481 e. The fourth-order valence-corrected chi connectivity index (χ4v) is 8.31. The Bertz CT molecular complexity index is 1430. The smallest absolute Gasteiger partial charge is 0.446 e. The molecule has 0 aliphatic heterocycles. The van der Waals surface area contributed by atoms with Crippen molar-refractivity contribution in [1.82, 2.24) is 15.3 Å². The van der Waals surface area contributed by atoms with Gasteiger partial charge in [0.2, 0.25) is 11.8 Å². The number of aliphatic carboxylic acids is 1. The van der Waals surface area contributed by atoms with Crippen LogP contribution in [-0.2, 0) is 9.59 Å². The zero-order valence-electron chi connectivity index (χ0n) is 23.3. The number of carboxylic acid groups (broad SMARTS) is 1. The lowest BCUT2D eigenvalue weighted by Crippen LogP contribution is -2.54. The molecule has 2 amide bonds. The largest absolute Gasteiger partial charge is 0.481 e. The van der Waals surface area contributed by atoms with Gasteiger partial charge in [0.1, 0.15) is 17.7 Å². The van der Waals surface area contributed by atoms with E-state index in [4.69, 9.17) is 4.74 Å². The number of amides is 2. The summed E-state index contributed by atoms with van der Waals surface area (Å²) in [4.78, 5) is 46.9. The first-order chi connectivity index (χ1) is 20.4. The van der Waals surface area contributed by atoms with Crippen LogP contribution in [0.25, 0.3) is 0 Å². The molecule has 2 bridgehead atoms. The average molecular weight is 620 g/mol. The van der Waals surface area contributed by atoms with Gasteiger partial charge in [-0.2, -0.15) is 13.2 Å². The fraction of sp³-hybridized carbons (Fsp3) is 0.552. The molecule has 4 saturated carbocycles. The van der Waals surface area contributed by atoms with Crippen LogP contribution in [0.1, 0.15) is 55.3 Å². The number of methoxy groups -OCH3 is 1. The van der Waals surface area contributed by atoms with Crippen molar-refractivity contribution in [2.45, 2.75) is 67.4 Å². The number of alkyl halides is 3. The summed E-state index contributed by atoms with van der Waals surface area (Å²) in [5.74, 6) is -1.93. The predicted molar refractivity (Wildman–Crippen MR) is 151 cm³/mol. The molecule has 4 unspecified atom stereocenters. The molecule has 0 saturated heterocycles. The number of halogens is 3. The number of aromatic nitrogens is 2. The first-order valence-corrected chi connectivity index (χ1v) is 15.1. The first kappa shape index (κ1) is 29.5. The maximum Gasteiger partial charge on any atom is 0.446 e. The van der Waals surface area contributed by atoms with Gasteiger partial charge in [0, 0.05) is 22.7 Å². The Labute approximate surface area is 250 Å². The number of benzene rings is 1. The van der Waals surface area contributed by atoms with Crippen molar-refractivity contribution in [2.75, 3.05) is 17.7 Å². The standard InChI is InChI=1S/C29H32F3N5O5S/c1-42-26-21(23(33-13-34-26)35-18-11-28(12-18)9-16(10-28)27(40)41)25(39)37-22-15-6-5-14(7-15)20(22)24(38)36-17-3-2-4-19(8-17)43-29(30,31)32/h2-4,8,13-16,18,20,22H,5-7,9-12H2,1H3,(H,36,38)(H,37,39)(H,40,41)(H,33,34,35). The molecule has 2 aromatic rings. The molecule has 10 nitrogen and oxygen atoms in total. The van der Waals surface area contributed by atoms with Gasteiger partial charge in [0.05, 0.1) is 18.9 Å². The van der Waals surface area contributed by atoms with Crippen LogP contribution in [0.4, 0.5) is 24.7 Å². The Kier molecular flexibility index (Phi) is 7.68. The van der Waals surface area contributed by atoms with Gasteiger partial charge in [-0.3, -0.25) is 14.4 Å². The number of carboxylic acids is 1. The lowest BCUT2D eigenvalue weighted by Gasteiger charge is -2.56. The highest BCUT2D eigenvalue weighted by molar-refractivity contribution is 8.00. The summed E-state index contributed by atoms with van der Waals surface area (Å²) >= 11 is -0.248. The van der Waals surface area contributed by atoms with Crippen LogP contribution in [0, 0.1) is 29.1 Å². The van der Waals surface area contributed by atoms with Gasteiger partial charge < -0.3 is 25.8 Å². The zero-order chi connectivity index (χ0) is 30.5. The summed E-state index contributed by atoms with van der Waals surface area (Å²) in [7, 11) is 1.40. The number of nitrogens with zero attached hydrogens (tertiary/aromatic N) is 2. The van der Waals surface area contributed by atoms with Crippen LogP contribution >= 0.6 is 11.8 Å². The van der Waals surface area contributed by atoms with E-state index in [9.17, 15) is 32.7 Å². The predicted octanol–water partition coefficient (Wildman–Crippen LogP) is 4.94. The molecule has 4 aliphatic carbocycles. The van der Waals surface area contributed by atoms with Crippen molar-refractivity contribution in [1.29, 1.82) is 0 Å². The lowest BCUT2D eigenvalue weighted by molar-refractivity contribution is -0.154. The van der Waals surface area contributed by atoms with E-state index in [1.807, 2.05) is 0 Å². The van der Waals surface area contributed by atoms with Gasteiger partial charge >= 0.3 is 11.5 Å². The highest BCUT2D eigenvalue weighted by Gasteiger charge is 2.55. The molecule has 6 rings (SSSR count). The molecule has 1 spiro atoms. The Morgan fingerprint density at radius 2 is 1.84 bits per heavy atom. The molecule has 4 fully saturated rings. The molecule has 1 heterocycles. The maximum atomic E-state index is 13.8. The van der Waals surface area contributed by atoms with Gasteiger partial charge in [-0.1, -0.05) is 6.07 Å². The van der Waals surface area contributed by atoms with E-state index in [0.29, 0.717) is 18.7 Å². The molecule has 230 valence electrons. The monoisotopic (exact) mass is 619 g/mol. The number of rotatable bonds is 9. The highest BCUT2D eigenvalue weighted by Crippen LogP contribution is 2.59. The van der Waals surface area contributed by atoms with E-state index in [-0.39, 0.29) is 68.9 Å². The van der Waals surface area contributed by atoms with Crippen LogP contribution in [0.3, 0.4) is 0 Å². The minimum absolute atomic E-state index is 0.0215. The van der Waals surface area contributed by atoms with Gasteiger partial charge in [-0.05, 0) is 92.2 Å². The average Bonchev–Trinajstić information content (AvgIpc) is 3.50. The Balaban J connectivity index is 1.15. The molecular weight excluding hydrogens is 587 g/mol. The zero-order valence-corrected chi connectivity index (χ0v) is 24.1. The van der Waals surface area contributed by atoms with Gasteiger partial charge in [-0.25, -0.2) is 9.97 Å². The number of nitrogens with one attached hydrogen (secondary N) is 3. The second kappa shape index (κ2) is 11.2. The number of ether oxygens (including phenoxy) is 1. The van der Waals surface area contributed by atoms with Gasteiger partial charge in [0.25, 0.3) is 5.91 Å². The molecule has 4 atom stereocenters. The molecule has 1 aromatic heterocycles. The second-order valence-corrected chi connectivity index (χ2v) is 13.4. The van der Waals surface area contributed by atoms with Crippen molar-refractivity contribution in [3.8, 4) is 5.88 Å². The quantitative estimate of drug-likeness (QED) is 0.287. The summed E-state index contributed by atoms with van der Waals surface area (Å²) in [6.07, 6.45) is 6.61. The molecule has 14 heteroatoms. The molecule has 4 N–H and O–H groups in total. The third-order valence-electron chi connectivity index (χ3n) is 9.49. The normalized spacial score (nSPS) is 30.7. The van der Waals surface area contributed by atoms with Crippen molar-refractivity contribution in [2.24, 2.45) is 29.1 Å². The number of fused-ring (bicyclic) bond motifs is 2. The third kappa shape index (κ3) is 5.98. The van der Waals surface area contributed by atoms with E-state index in [1.54, 1.807) is 6.07 Å². The van der Waals surface area contributed by atoms with Gasteiger partial charge in [0.15, 0.2) is 0 Å². The summed E-state index contributed by atoms with van der Waals surface area (Å²) < 4.78 is 44.0. The number of anilines is 2. The van der Waals surface area contributed by atoms with Crippen molar-refractivity contribution in [3.63, 3.8) is 0 Å². The van der Waals surface area contributed by atoms with Crippen molar-refractivity contribution < 1.29 is 37.4 Å². The van der Waals surface area contributed by atoms with Crippen molar-refractivity contribution in [3.05, 3.63) is 36.2 Å². The summed E-state index contributed by atoms with van der Waals surface area (Å²) in [5.41, 5.74) is -4.04. The summed E-state index contributed by atoms with van der Waals surface area (Å²) in [6.45, 7) is 0. The SMILES string of the molecule is COc1ncnc(NC2CC3(C2)CC(C(=O)O)C3)c1C(=O)NC1C2CCC(C2)C1C(=O)Nc1cccc(SC(F)(F)F)c1. The Morgan fingerprint density at radius 1 is 1.09 bits per heavy atom. The summed E-state index contributed by atoms with van der Waals surface area (Å²) in [6, 6.07) is 5.16. The molecule has 4 aliphatic rings. The van der Waals surface area contributed by atoms with Crippen molar-refractivity contribution >= 4 is 41.1 Å². The van der Waals surface area contributed by atoms with Gasteiger partial charge in [-0.15, -0.1) is 0 Å². The molecule has 43 heavy (non-hydrogen) atoms. The van der Waals surface area contributed by atoms with E-state index in [0.717, 1.165) is 32.1 Å². The second-order valence-electron chi connectivity index (χ2n) is 12.2. The van der Waals surface area contributed by atoms with E-state index in [1.165, 1.54) is 31.6 Å². The Hall–Kier alpha value is -3.55. The summed E-state index contributed by atoms with van der Waals surface area (Å²) in [5, 5.41) is 18.4. The van der Waals surface area contributed by atoms with E-state index < -0.39 is 29.3 Å². The molecule has 0 radical (unpaired) electrons. The number of thioether (sulfide) groups is 1. The maximum absolute atomic E-state index is 13.8. The topological polar surface area (TPSA) is 143 Å². The number of hydrogen-bond acceptors (Lipinski definition) is 8. The third-order valence-corrected chi connectivity index (χ3v) is 10.2. The molecule has 1 aromatic carbocycles. The number of carbonyl (C=O) groups excluding carboxylic acids is 2. The minimum atomic E-state index is -4.45. The number of hydrogen-bond donors (Lipinski definition) is 4.